The van der Waals surface area contributed by atoms with Gasteiger partial charge in [-0.25, -0.2) is 0 Å². The average Bonchev–Trinajstić information content (AvgIpc) is 3.06. The van der Waals surface area contributed by atoms with Gasteiger partial charge >= 0.3 is 0 Å². The molecule has 0 spiro atoms. The Morgan fingerprint density at radius 2 is 2.11 bits per heavy atom. The fourth-order valence-corrected chi connectivity index (χ4v) is 4.62. The number of hydrogen-bond donors (Lipinski definition) is 0. The Labute approximate surface area is 123 Å². The van der Waals surface area contributed by atoms with E-state index in [9.17, 15) is 0 Å². The van der Waals surface area contributed by atoms with Crippen molar-refractivity contribution in [1.29, 1.82) is 0 Å². The summed E-state index contributed by atoms with van der Waals surface area (Å²) in [5, 5.41) is 6.79. The zero-order chi connectivity index (χ0) is 13.1. The Balaban J connectivity index is 1.89. The zero-order valence-electron chi connectivity index (χ0n) is 11.5. The third kappa shape index (κ3) is 3.10. The van der Waals surface area contributed by atoms with Gasteiger partial charge in [-0.2, -0.15) is 11.3 Å². The monoisotopic (exact) mass is 291 g/mol. The molecule has 0 saturated heterocycles. The summed E-state index contributed by atoms with van der Waals surface area (Å²) in [5.41, 5.74) is 3.07. The highest BCUT2D eigenvalue weighted by atomic mass is 32.1. The molecule has 0 bridgehead atoms. The summed E-state index contributed by atoms with van der Waals surface area (Å²) in [4.78, 5) is 4.17. The van der Waals surface area contributed by atoms with Crippen LogP contribution in [0.15, 0.2) is 28.3 Å². The second-order valence-electron chi connectivity index (χ2n) is 5.44. The zero-order valence-corrected chi connectivity index (χ0v) is 13.1. The van der Waals surface area contributed by atoms with Gasteiger partial charge < -0.3 is 0 Å². The third-order valence-corrected chi connectivity index (χ3v) is 5.85. The molecular formula is C16H21NS2. The molecule has 0 saturated carbocycles. The van der Waals surface area contributed by atoms with Gasteiger partial charge in [0.25, 0.3) is 0 Å². The Morgan fingerprint density at radius 3 is 2.95 bits per heavy atom. The van der Waals surface area contributed by atoms with E-state index in [-0.39, 0.29) is 0 Å². The van der Waals surface area contributed by atoms with Gasteiger partial charge in [0.15, 0.2) is 0 Å². The fourth-order valence-electron chi connectivity index (χ4n) is 2.95. The minimum Gasteiger partial charge on any atom is -0.299 e. The fraction of sp³-hybridized carbons (Fsp3) is 0.500. The highest BCUT2D eigenvalue weighted by Crippen LogP contribution is 2.31. The lowest BCUT2D eigenvalue weighted by molar-refractivity contribution is 0.236. The molecule has 0 aliphatic carbocycles. The first-order chi connectivity index (χ1) is 9.34. The van der Waals surface area contributed by atoms with E-state index in [1.807, 2.05) is 22.7 Å². The maximum absolute atomic E-state index is 2.55. The largest absolute Gasteiger partial charge is 0.299 e. The minimum atomic E-state index is 0.553. The molecule has 0 radical (unpaired) electrons. The molecular weight excluding hydrogens is 270 g/mol. The van der Waals surface area contributed by atoms with E-state index in [4.69, 9.17) is 0 Å². The summed E-state index contributed by atoms with van der Waals surface area (Å²) in [6.45, 7) is 1.22. The number of fused-ring (bicyclic) bond motifs is 1. The Morgan fingerprint density at radius 1 is 1.16 bits per heavy atom. The van der Waals surface area contributed by atoms with Gasteiger partial charge in [-0.15, -0.1) is 11.3 Å². The van der Waals surface area contributed by atoms with Gasteiger partial charge in [-0.05, 0) is 78.7 Å². The summed E-state index contributed by atoms with van der Waals surface area (Å²) < 4.78 is 0. The van der Waals surface area contributed by atoms with E-state index >= 15 is 0 Å². The molecule has 3 heteroatoms. The van der Waals surface area contributed by atoms with E-state index in [2.05, 4.69) is 40.2 Å². The van der Waals surface area contributed by atoms with E-state index in [0.717, 1.165) is 0 Å². The molecule has 102 valence electrons. The van der Waals surface area contributed by atoms with Crippen LogP contribution < -0.4 is 0 Å². The summed E-state index contributed by atoms with van der Waals surface area (Å²) >= 11 is 3.76. The van der Waals surface area contributed by atoms with Gasteiger partial charge in [0.1, 0.15) is 0 Å². The van der Waals surface area contributed by atoms with E-state index in [1.165, 1.54) is 44.2 Å². The molecule has 3 rings (SSSR count). The number of rotatable bonds is 1. The first-order valence-electron chi connectivity index (χ1n) is 7.12. The summed E-state index contributed by atoms with van der Waals surface area (Å²) in [6, 6.07) is 5.19. The van der Waals surface area contributed by atoms with E-state index in [1.54, 1.807) is 10.4 Å². The van der Waals surface area contributed by atoms with Gasteiger partial charge in [-0.1, -0.05) is 6.42 Å². The topological polar surface area (TPSA) is 3.24 Å². The van der Waals surface area contributed by atoms with Crippen LogP contribution in [0.2, 0.25) is 0 Å². The van der Waals surface area contributed by atoms with Crippen LogP contribution in [0.3, 0.4) is 0 Å². The van der Waals surface area contributed by atoms with Gasteiger partial charge in [-0.3, -0.25) is 4.90 Å². The van der Waals surface area contributed by atoms with Gasteiger partial charge in [0.2, 0.25) is 0 Å². The van der Waals surface area contributed by atoms with Crippen molar-refractivity contribution in [2.45, 2.75) is 38.1 Å². The van der Waals surface area contributed by atoms with Crippen molar-refractivity contribution in [1.82, 2.24) is 4.90 Å². The maximum atomic E-state index is 2.55. The van der Waals surface area contributed by atoms with E-state index < -0.39 is 0 Å². The molecule has 1 atom stereocenters. The van der Waals surface area contributed by atoms with Crippen LogP contribution in [0, 0.1) is 0 Å². The SMILES string of the molecule is CN1CCCCCc2sccc2CC1c1ccsc1. The quantitative estimate of drug-likeness (QED) is 0.733. The number of likely N-dealkylation sites (N-methyl/N-ethyl adjacent to an activating group) is 1. The first kappa shape index (κ1) is 13.3. The van der Waals surface area contributed by atoms with Gasteiger partial charge in [0, 0.05) is 10.9 Å². The number of aryl methyl sites for hydroxylation is 1. The molecule has 0 N–H and O–H groups in total. The van der Waals surface area contributed by atoms with Crippen molar-refractivity contribution in [3.05, 3.63) is 44.3 Å². The molecule has 1 aliphatic heterocycles. The predicted molar refractivity (Wildman–Crippen MR) is 85.3 cm³/mol. The maximum Gasteiger partial charge on any atom is 0.0394 e. The highest BCUT2D eigenvalue weighted by Gasteiger charge is 2.20. The van der Waals surface area contributed by atoms with Crippen LogP contribution in [-0.4, -0.2) is 18.5 Å². The molecule has 19 heavy (non-hydrogen) atoms. The smallest absolute Gasteiger partial charge is 0.0394 e. The van der Waals surface area contributed by atoms with Crippen LogP contribution in [0.1, 0.15) is 41.3 Å². The number of nitrogens with zero attached hydrogens (tertiary/aromatic N) is 1. The van der Waals surface area contributed by atoms with Crippen LogP contribution in [0.4, 0.5) is 0 Å². The molecule has 2 aromatic rings. The summed E-state index contributed by atoms with van der Waals surface area (Å²) in [6.07, 6.45) is 6.50. The normalized spacial score (nSPS) is 22.1. The molecule has 1 aliphatic rings. The Kier molecular flexibility index (Phi) is 4.36. The molecule has 0 amide bonds. The summed E-state index contributed by atoms with van der Waals surface area (Å²) in [7, 11) is 2.29. The Bertz CT molecular complexity index is 501. The second-order valence-corrected chi connectivity index (χ2v) is 7.22. The highest BCUT2D eigenvalue weighted by molar-refractivity contribution is 7.10. The average molecular weight is 291 g/mol. The van der Waals surface area contributed by atoms with Gasteiger partial charge in [0.05, 0.1) is 0 Å². The molecule has 1 unspecified atom stereocenters. The molecule has 1 nitrogen and oxygen atoms in total. The molecule has 2 aromatic heterocycles. The molecule has 0 aromatic carbocycles. The lowest BCUT2D eigenvalue weighted by Crippen LogP contribution is -2.27. The minimum absolute atomic E-state index is 0.553. The van der Waals surface area contributed by atoms with Crippen molar-refractivity contribution in [2.75, 3.05) is 13.6 Å². The van der Waals surface area contributed by atoms with Crippen molar-refractivity contribution in [3.8, 4) is 0 Å². The Hall–Kier alpha value is -0.640. The standard InChI is InChI=1S/C16H21NS2/c1-17-8-4-2-3-5-16-13(7-10-19-16)11-15(17)14-6-9-18-12-14/h6-7,9-10,12,15H,2-5,8,11H2,1H3. The van der Waals surface area contributed by atoms with Crippen molar-refractivity contribution < 1.29 is 0 Å². The molecule has 3 heterocycles. The van der Waals surface area contributed by atoms with Crippen molar-refractivity contribution in [3.63, 3.8) is 0 Å². The van der Waals surface area contributed by atoms with Crippen LogP contribution >= 0.6 is 22.7 Å². The van der Waals surface area contributed by atoms with Crippen LogP contribution in [0.25, 0.3) is 0 Å². The molecule has 0 fully saturated rings. The summed E-state index contributed by atoms with van der Waals surface area (Å²) in [5.74, 6) is 0. The first-order valence-corrected chi connectivity index (χ1v) is 8.94. The third-order valence-electron chi connectivity index (χ3n) is 4.13. The number of thiophene rings is 2. The second kappa shape index (κ2) is 6.21. The lowest BCUT2D eigenvalue weighted by atomic mass is 9.97. The van der Waals surface area contributed by atoms with Crippen molar-refractivity contribution >= 4 is 22.7 Å². The van der Waals surface area contributed by atoms with E-state index in [0.29, 0.717) is 6.04 Å². The number of hydrogen-bond acceptors (Lipinski definition) is 3. The predicted octanol–water partition coefficient (Wildman–Crippen LogP) is 4.75. The van der Waals surface area contributed by atoms with Crippen LogP contribution in [0.5, 0.6) is 0 Å². The lowest BCUT2D eigenvalue weighted by Gasteiger charge is -2.29. The van der Waals surface area contributed by atoms with Crippen LogP contribution in [-0.2, 0) is 12.8 Å². The van der Waals surface area contributed by atoms with Crippen molar-refractivity contribution in [2.24, 2.45) is 0 Å².